The van der Waals surface area contributed by atoms with Gasteiger partial charge < -0.3 is 10.6 Å². The molecule has 0 aliphatic rings. The first-order chi connectivity index (χ1) is 10.0. The zero-order valence-corrected chi connectivity index (χ0v) is 13.0. The molecular weight excluding hydrogens is 260 g/mol. The van der Waals surface area contributed by atoms with E-state index in [0.717, 1.165) is 27.9 Å². The fourth-order valence-electron chi connectivity index (χ4n) is 2.42. The zero-order chi connectivity index (χ0) is 15.4. The summed E-state index contributed by atoms with van der Waals surface area (Å²) in [5.41, 5.74) is 4.71. The van der Waals surface area contributed by atoms with Crippen molar-refractivity contribution in [3.63, 3.8) is 0 Å². The minimum atomic E-state index is -0.0557. The van der Waals surface area contributed by atoms with Gasteiger partial charge in [0.15, 0.2) is 0 Å². The Hall–Kier alpha value is -2.13. The molecule has 2 rings (SSSR count). The zero-order valence-electron chi connectivity index (χ0n) is 13.0. The second-order valence-corrected chi connectivity index (χ2v) is 5.36. The van der Waals surface area contributed by atoms with Crippen LogP contribution in [0.25, 0.3) is 0 Å². The van der Waals surface area contributed by atoms with E-state index >= 15 is 0 Å². The molecule has 1 atom stereocenters. The Kier molecular flexibility index (Phi) is 4.76. The van der Waals surface area contributed by atoms with Crippen LogP contribution in [0.4, 0.5) is 5.69 Å². The van der Waals surface area contributed by atoms with Crippen LogP contribution < -0.4 is 10.6 Å². The highest BCUT2D eigenvalue weighted by Gasteiger charge is 2.12. The minimum Gasteiger partial charge on any atom is -0.322 e. The van der Waals surface area contributed by atoms with Gasteiger partial charge in [-0.25, -0.2) is 0 Å². The van der Waals surface area contributed by atoms with Gasteiger partial charge in [-0.2, -0.15) is 0 Å². The molecule has 2 aromatic rings. The lowest BCUT2D eigenvalue weighted by Crippen LogP contribution is -2.16. The van der Waals surface area contributed by atoms with Crippen molar-refractivity contribution in [3.05, 3.63) is 64.7 Å². The average molecular weight is 282 g/mol. The molecule has 0 spiro atoms. The first-order valence-corrected chi connectivity index (χ1v) is 7.17. The van der Waals surface area contributed by atoms with Crippen molar-refractivity contribution >= 4 is 11.6 Å². The van der Waals surface area contributed by atoms with Crippen LogP contribution >= 0.6 is 0 Å². The van der Waals surface area contributed by atoms with Crippen LogP contribution in [0.5, 0.6) is 0 Å². The summed E-state index contributed by atoms with van der Waals surface area (Å²) in [6.07, 6.45) is 0. The number of nitrogens with one attached hydrogen (secondary N) is 2. The van der Waals surface area contributed by atoms with E-state index in [9.17, 15) is 4.79 Å². The quantitative estimate of drug-likeness (QED) is 0.894. The summed E-state index contributed by atoms with van der Waals surface area (Å²) in [5, 5.41) is 6.19. The molecule has 0 bridgehead atoms. The minimum absolute atomic E-state index is 0.0557. The number of amides is 1. The van der Waals surface area contributed by atoms with E-state index < -0.39 is 0 Å². The normalized spacial score (nSPS) is 12.0. The highest BCUT2D eigenvalue weighted by atomic mass is 16.1. The number of hydrogen-bond donors (Lipinski definition) is 2. The monoisotopic (exact) mass is 282 g/mol. The molecule has 1 unspecified atom stereocenters. The maximum atomic E-state index is 12.5. The van der Waals surface area contributed by atoms with Gasteiger partial charge in [-0.3, -0.25) is 4.79 Å². The predicted molar refractivity (Wildman–Crippen MR) is 87.8 cm³/mol. The SMILES string of the molecule is CNC(C)c1cccc(NC(=O)c2c(C)cccc2C)c1. The van der Waals surface area contributed by atoms with Crippen molar-refractivity contribution in [2.45, 2.75) is 26.8 Å². The molecule has 0 saturated carbocycles. The van der Waals surface area contributed by atoms with E-state index in [1.807, 2.05) is 57.3 Å². The molecule has 0 radical (unpaired) electrons. The van der Waals surface area contributed by atoms with Crippen molar-refractivity contribution in [2.75, 3.05) is 12.4 Å². The maximum absolute atomic E-state index is 12.5. The van der Waals surface area contributed by atoms with Gasteiger partial charge >= 0.3 is 0 Å². The summed E-state index contributed by atoms with van der Waals surface area (Å²) in [6, 6.07) is 14.1. The average Bonchev–Trinajstić information content (AvgIpc) is 2.46. The van der Waals surface area contributed by atoms with Crippen LogP contribution in [0.2, 0.25) is 0 Å². The lowest BCUT2D eigenvalue weighted by Gasteiger charge is -2.14. The van der Waals surface area contributed by atoms with Gasteiger partial charge in [0.2, 0.25) is 0 Å². The van der Waals surface area contributed by atoms with Crippen LogP contribution in [-0.4, -0.2) is 13.0 Å². The third-order valence-corrected chi connectivity index (χ3v) is 3.79. The van der Waals surface area contributed by atoms with Crippen molar-refractivity contribution in [3.8, 4) is 0 Å². The number of benzene rings is 2. The second kappa shape index (κ2) is 6.55. The third-order valence-electron chi connectivity index (χ3n) is 3.79. The van der Waals surface area contributed by atoms with Crippen molar-refractivity contribution in [1.82, 2.24) is 5.32 Å². The molecule has 0 heterocycles. The highest BCUT2D eigenvalue weighted by molar-refractivity contribution is 6.06. The molecule has 2 aromatic carbocycles. The first kappa shape index (κ1) is 15.3. The molecule has 2 N–H and O–H groups in total. The van der Waals surface area contributed by atoms with Gasteiger partial charge in [-0.15, -0.1) is 0 Å². The van der Waals surface area contributed by atoms with Crippen molar-refractivity contribution in [1.29, 1.82) is 0 Å². The molecule has 0 aliphatic heterocycles. The Balaban J connectivity index is 2.24. The fraction of sp³-hybridized carbons (Fsp3) is 0.278. The van der Waals surface area contributed by atoms with Gasteiger partial charge in [0.1, 0.15) is 0 Å². The van der Waals surface area contributed by atoms with Gasteiger partial charge in [0.25, 0.3) is 5.91 Å². The molecule has 3 heteroatoms. The Morgan fingerprint density at radius 1 is 1.05 bits per heavy atom. The Morgan fingerprint density at radius 3 is 2.29 bits per heavy atom. The molecule has 1 amide bonds. The lowest BCUT2D eigenvalue weighted by atomic mass is 10.0. The summed E-state index contributed by atoms with van der Waals surface area (Å²) in [5.74, 6) is -0.0557. The smallest absolute Gasteiger partial charge is 0.256 e. The second-order valence-electron chi connectivity index (χ2n) is 5.36. The highest BCUT2D eigenvalue weighted by Crippen LogP contribution is 2.19. The first-order valence-electron chi connectivity index (χ1n) is 7.17. The number of carbonyl (C=O) groups is 1. The molecule has 110 valence electrons. The molecule has 3 nitrogen and oxygen atoms in total. The standard InChI is InChI=1S/C18H22N2O/c1-12-7-5-8-13(2)17(12)18(21)20-16-10-6-9-15(11-16)14(3)19-4/h5-11,14,19H,1-4H3,(H,20,21). The Morgan fingerprint density at radius 2 is 1.67 bits per heavy atom. The summed E-state index contributed by atoms with van der Waals surface area (Å²) in [4.78, 5) is 12.5. The Bertz CT molecular complexity index is 629. The number of anilines is 1. The number of hydrogen-bond acceptors (Lipinski definition) is 2. The van der Waals surface area contributed by atoms with Crippen molar-refractivity contribution in [2.24, 2.45) is 0 Å². The van der Waals surface area contributed by atoms with E-state index in [-0.39, 0.29) is 11.9 Å². The number of aryl methyl sites for hydroxylation is 2. The van der Waals surface area contributed by atoms with E-state index in [1.54, 1.807) is 0 Å². The third kappa shape index (κ3) is 3.50. The number of rotatable bonds is 4. The maximum Gasteiger partial charge on any atom is 0.256 e. The van der Waals surface area contributed by atoms with E-state index in [2.05, 4.69) is 23.6 Å². The van der Waals surface area contributed by atoms with Gasteiger partial charge in [-0.05, 0) is 56.6 Å². The molecule has 0 saturated heterocycles. The molecule has 0 aromatic heterocycles. The van der Waals surface area contributed by atoms with Crippen LogP contribution in [0.3, 0.4) is 0 Å². The van der Waals surface area contributed by atoms with Gasteiger partial charge in [-0.1, -0.05) is 30.3 Å². The van der Waals surface area contributed by atoms with E-state index in [0.29, 0.717) is 0 Å². The fourth-order valence-corrected chi connectivity index (χ4v) is 2.42. The van der Waals surface area contributed by atoms with E-state index in [1.165, 1.54) is 0 Å². The van der Waals surface area contributed by atoms with Crippen LogP contribution in [0, 0.1) is 13.8 Å². The Labute approximate surface area is 126 Å². The summed E-state index contributed by atoms with van der Waals surface area (Å²) in [7, 11) is 1.92. The molecule has 0 fully saturated rings. The topological polar surface area (TPSA) is 41.1 Å². The van der Waals surface area contributed by atoms with Crippen LogP contribution in [-0.2, 0) is 0 Å². The molecular formula is C18H22N2O. The van der Waals surface area contributed by atoms with Crippen LogP contribution in [0.1, 0.15) is 40.0 Å². The van der Waals surface area contributed by atoms with Crippen LogP contribution in [0.15, 0.2) is 42.5 Å². The molecule has 0 aliphatic carbocycles. The molecule has 21 heavy (non-hydrogen) atoms. The van der Waals surface area contributed by atoms with Gasteiger partial charge in [0, 0.05) is 17.3 Å². The summed E-state index contributed by atoms with van der Waals surface area (Å²) in [6.45, 7) is 6.01. The van der Waals surface area contributed by atoms with E-state index in [4.69, 9.17) is 0 Å². The van der Waals surface area contributed by atoms with Crippen molar-refractivity contribution < 1.29 is 4.79 Å². The summed E-state index contributed by atoms with van der Waals surface area (Å²) >= 11 is 0. The lowest BCUT2D eigenvalue weighted by molar-refractivity contribution is 0.102. The predicted octanol–water partition coefficient (Wildman–Crippen LogP) is 3.84. The van der Waals surface area contributed by atoms with Gasteiger partial charge in [0.05, 0.1) is 0 Å². The number of carbonyl (C=O) groups excluding carboxylic acids is 1. The summed E-state index contributed by atoms with van der Waals surface area (Å²) < 4.78 is 0. The largest absolute Gasteiger partial charge is 0.322 e.